The van der Waals surface area contributed by atoms with Gasteiger partial charge in [-0.15, -0.1) is 10.2 Å². The molecule has 0 spiro atoms. The number of carbonyl (C=O) groups is 1. The van der Waals surface area contributed by atoms with E-state index in [4.69, 9.17) is 0 Å². The van der Waals surface area contributed by atoms with Crippen molar-refractivity contribution in [3.05, 3.63) is 60.2 Å². The van der Waals surface area contributed by atoms with Crippen LogP contribution in [0.25, 0.3) is 0 Å². The van der Waals surface area contributed by atoms with Gasteiger partial charge in [-0.25, -0.2) is 4.98 Å². The molecule has 4 rings (SSSR count). The molecule has 1 aromatic carbocycles. The van der Waals surface area contributed by atoms with Crippen molar-refractivity contribution in [1.29, 1.82) is 0 Å². The Bertz CT molecular complexity index is 916. The van der Waals surface area contributed by atoms with Crippen LogP contribution in [0.15, 0.2) is 43.0 Å². The maximum Gasteiger partial charge on any atom is 0.253 e. The molecule has 3 heterocycles. The standard InChI is InChI=1S/C19H22N6O2/c1-23-17(12-24-10-8-20-13-24)21-22-18(23)15-3-2-9-25(11-15)19(27)14-4-6-16(26)7-5-14/h4-8,10,13,15,26H,2-3,9,11-12H2,1H3. The molecule has 1 aliphatic rings. The number of likely N-dealkylation sites (tertiary alicyclic amines) is 1. The lowest BCUT2D eigenvalue weighted by Gasteiger charge is -2.32. The number of hydrogen-bond donors (Lipinski definition) is 1. The monoisotopic (exact) mass is 366 g/mol. The van der Waals surface area contributed by atoms with E-state index in [0.29, 0.717) is 18.7 Å². The first-order valence-electron chi connectivity index (χ1n) is 9.04. The highest BCUT2D eigenvalue weighted by Gasteiger charge is 2.28. The van der Waals surface area contributed by atoms with E-state index in [1.165, 1.54) is 0 Å². The quantitative estimate of drug-likeness (QED) is 0.760. The zero-order valence-electron chi connectivity index (χ0n) is 15.2. The van der Waals surface area contributed by atoms with Crippen molar-refractivity contribution >= 4 is 5.91 Å². The lowest BCUT2D eigenvalue weighted by molar-refractivity contribution is 0.0703. The number of hydrogen-bond acceptors (Lipinski definition) is 5. The van der Waals surface area contributed by atoms with Gasteiger partial charge < -0.3 is 19.1 Å². The summed E-state index contributed by atoms with van der Waals surface area (Å²) < 4.78 is 3.98. The first kappa shape index (κ1) is 17.3. The van der Waals surface area contributed by atoms with Crippen LogP contribution in [-0.4, -0.2) is 53.3 Å². The number of aromatic nitrogens is 5. The van der Waals surface area contributed by atoms with Crippen LogP contribution in [0.2, 0.25) is 0 Å². The number of nitrogens with zero attached hydrogens (tertiary/aromatic N) is 6. The topological polar surface area (TPSA) is 89.1 Å². The van der Waals surface area contributed by atoms with Gasteiger partial charge in [0, 0.05) is 44.0 Å². The van der Waals surface area contributed by atoms with Gasteiger partial charge in [-0.2, -0.15) is 0 Å². The van der Waals surface area contributed by atoms with E-state index in [9.17, 15) is 9.90 Å². The Morgan fingerprint density at radius 3 is 2.81 bits per heavy atom. The predicted molar refractivity (Wildman–Crippen MR) is 98.3 cm³/mol. The fourth-order valence-corrected chi connectivity index (χ4v) is 3.57. The van der Waals surface area contributed by atoms with Gasteiger partial charge in [-0.1, -0.05) is 0 Å². The number of benzene rings is 1. The smallest absolute Gasteiger partial charge is 0.253 e. The van der Waals surface area contributed by atoms with Crippen molar-refractivity contribution in [2.24, 2.45) is 7.05 Å². The lowest BCUT2D eigenvalue weighted by Crippen LogP contribution is -2.39. The van der Waals surface area contributed by atoms with E-state index >= 15 is 0 Å². The van der Waals surface area contributed by atoms with Crippen LogP contribution in [0.4, 0.5) is 0 Å². The Morgan fingerprint density at radius 2 is 2.07 bits per heavy atom. The van der Waals surface area contributed by atoms with Crippen LogP contribution in [0, 0.1) is 0 Å². The first-order valence-corrected chi connectivity index (χ1v) is 9.04. The van der Waals surface area contributed by atoms with Crippen molar-refractivity contribution in [2.75, 3.05) is 13.1 Å². The normalized spacial score (nSPS) is 17.2. The molecule has 2 aromatic heterocycles. The summed E-state index contributed by atoms with van der Waals surface area (Å²) in [6.45, 7) is 1.97. The summed E-state index contributed by atoms with van der Waals surface area (Å²) >= 11 is 0. The van der Waals surface area contributed by atoms with Crippen LogP contribution in [0.3, 0.4) is 0 Å². The Balaban J connectivity index is 1.49. The highest BCUT2D eigenvalue weighted by Crippen LogP contribution is 2.27. The zero-order valence-corrected chi connectivity index (χ0v) is 15.2. The highest BCUT2D eigenvalue weighted by molar-refractivity contribution is 5.94. The fourth-order valence-electron chi connectivity index (χ4n) is 3.57. The number of rotatable bonds is 4. The third-order valence-corrected chi connectivity index (χ3v) is 5.07. The third kappa shape index (κ3) is 3.55. The largest absolute Gasteiger partial charge is 0.508 e. The van der Waals surface area contributed by atoms with Gasteiger partial charge in [0.2, 0.25) is 0 Å². The van der Waals surface area contributed by atoms with Crippen molar-refractivity contribution in [3.8, 4) is 5.75 Å². The summed E-state index contributed by atoms with van der Waals surface area (Å²) in [5, 5.41) is 18.2. The molecule has 0 bridgehead atoms. The molecular formula is C19H22N6O2. The first-order chi connectivity index (χ1) is 13.1. The van der Waals surface area contributed by atoms with Crippen LogP contribution < -0.4 is 0 Å². The molecular weight excluding hydrogens is 344 g/mol. The maximum absolute atomic E-state index is 12.8. The molecule has 27 heavy (non-hydrogen) atoms. The van der Waals surface area contributed by atoms with E-state index in [-0.39, 0.29) is 17.6 Å². The number of amides is 1. The molecule has 0 saturated carbocycles. The summed E-state index contributed by atoms with van der Waals surface area (Å²) in [4.78, 5) is 18.7. The van der Waals surface area contributed by atoms with Crippen molar-refractivity contribution in [1.82, 2.24) is 29.2 Å². The van der Waals surface area contributed by atoms with Crippen LogP contribution in [0.5, 0.6) is 5.75 Å². The second-order valence-corrected chi connectivity index (χ2v) is 6.91. The number of aromatic hydroxyl groups is 1. The van der Waals surface area contributed by atoms with Gasteiger partial charge >= 0.3 is 0 Å². The molecule has 0 radical (unpaired) electrons. The molecule has 1 fully saturated rings. The second kappa shape index (κ2) is 7.22. The van der Waals surface area contributed by atoms with E-state index in [0.717, 1.165) is 31.0 Å². The number of carbonyl (C=O) groups excluding carboxylic acids is 1. The minimum Gasteiger partial charge on any atom is -0.508 e. The summed E-state index contributed by atoms with van der Waals surface area (Å²) in [5.41, 5.74) is 0.590. The summed E-state index contributed by atoms with van der Waals surface area (Å²) in [7, 11) is 1.97. The highest BCUT2D eigenvalue weighted by atomic mass is 16.3. The molecule has 8 nitrogen and oxygen atoms in total. The van der Waals surface area contributed by atoms with Gasteiger partial charge in [0.05, 0.1) is 12.9 Å². The van der Waals surface area contributed by atoms with Crippen LogP contribution >= 0.6 is 0 Å². The second-order valence-electron chi connectivity index (χ2n) is 6.91. The molecule has 1 N–H and O–H groups in total. The SMILES string of the molecule is Cn1c(Cn2ccnc2)nnc1C1CCCN(C(=O)c2ccc(O)cc2)C1. The van der Waals surface area contributed by atoms with Crippen molar-refractivity contribution < 1.29 is 9.90 Å². The van der Waals surface area contributed by atoms with E-state index in [1.54, 1.807) is 36.8 Å². The van der Waals surface area contributed by atoms with E-state index in [2.05, 4.69) is 15.2 Å². The molecule has 1 aliphatic heterocycles. The molecule has 1 amide bonds. The van der Waals surface area contributed by atoms with E-state index in [1.807, 2.05) is 27.3 Å². The summed E-state index contributed by atoms with van der Waals surface area (Å²) in [5.74, 6) is 2.08. The van der Waals surface area contributed by atoms with Gasteiger partial charge in [0.15, 0.2) is 5.82 Å². The Morgan fingerprint density at radius 1 is 1.26 bits per heavy atom. The molecule has 140 valence electrons. The molecule has 1 atom stereocenters. The Hall–Kier alpha value is -3.16. The van der Waals surface area contributed by atoms with Gasteiger partial charge in [0.1, 0.15) is 11.6 Å². The summed E-state index contributed by atoms with van der Waals surface area (Å²) in [6.07, 6.45) is 7.31. The predicted octanol–water partition coefficient (Wildman–Crippen LogP) is 1.79. The molecule has 3 aromatic rings. The molecule has 8 heteroatoms. The zero-order chi connectivity index (χ0) is 18.8. The van der Waals surface area contributed by atoms with Gasteiger partial charge in [-0.05, 0) is 37.1 Å². The Labute approximate surface area is 157 Å². The lowest BCUT2D eigenvalue weighted by atomic mass is 9.96. The van der Waals surface area contributed by atoms with Crippen molar-refractivity contribution in [3.63, 3.8) is 0 Å². The van der Waals surface area contributed by atoms with E-state index < -0.39 is 0 Å². The molecule has 1 unspecified atom stereocenters. The average molecular weight is 366 g/mol. The fraction of sp³-hybridized carbons (Fsp3) is 0.368. The van der Waals surface area contributed by atoms with Crippen LogP contribution in [0.1, 0.15) is 40.8 Å². The average Bonchev–Trinajstić information content (AvgIpc) is 3.33. The number of imidazole rings is 1. The number of phenols is 1. The molecule has 0 aliphatic carbocycles. The van der Waals surface area contributed by atoms with Crippen LogP contribution in [-0.2, 0) is 13.6 Å². The van der Waals surface area contributed by atoms with Crippen molar-refractivity contribution in [2.45, 2.75) is 25.3 Å². The van der Waals surface area contributed by atoms with Gasteiger partial charge in [0.25, 0.3) is 5.91 Å². The minimum atomic E-state index is -0.0134. The Kier molecular flexibility index (Phi) is 4.62. The number of phenolic OH excluding ortho intramolecular Hbond substituents is 1. The number of piperidine rings is 1. The minimum absolute atomic E-state index is 0.0134. The third-order valence-electron chi connectivity index (χ3n) is 5.07. The van der Waals surface area contributed by atoms with Gasteiger partial charge in [-0.3, -0.25) is 4.79 Å². The maximum atomic E-state index is 12.8. The molecule has 1 saturated heterocycles. The summed E-state index contributed by atoms with van der Waals surface area (Å²) in [6, 6.07) is 6.40.